The number of likely N-dealkylation sites (tertiary alicyclic amines) is 2. The third-order valence-corrected chi connectivity index (χ3v) is 5.47. The van der Waals surface area contributed by atoms with Crippen molar-refractivity contribution in [2.24, 2.45) is 0 Å². The van der Waals surface area contributed by atoms with E-state index in [2.05, 4.69) is 5.32 Å². The van der Waals surface area contributed by atoms with E-state index in [0.717, 1.165) is 18.4 Å². The zero-order chi connectivity index (χ0) is 19.4. The second-order valence-electron chi connectivity index (χ2n) is 6.95. The Morgan fingerprint density at radius 3 is 2.33 bits per heavy atom. The van der Waals surface area contributed by atoms with Crippen molar-refractivity contribution < 1.29 is 19.5 Å². The maximum atomic E-state index is 13.0. The Morgan fingerprint density at radius 1 is 1.04 bits per heavy atom. The lowest BCUT2D eigenvalue weighted by Crippen LogP contribution is -2.53. The molecule has 1 aromatic rings. The van der Waals surface area contributed by atoms with Crippen molar-refractivity contribution in [3.8, 4) is 0 Å². The Hall–Kier alpha value is -2.12. The fraction of sp³-hybridized carbons (Fsp3) is 0.526. The third-order valence-electron chi connectivity index (χ3n) is 5.22. The number of ketones is 1. The molecule has 0 radical (unpaired) electrons. The van der Waals surface area contributed by atoms with Crippen LogP contribution in [0.5, 0.6) is 0 Å². The van der Waals surface area contributed by atoms with Crippen LogP contribution in [0.4, 0.5) is 4.79 Å². The number of hydrogen-bond acceptors (Lipinski definition) is 4. The molecular formula is C19H24ClN3O4. The van der Waals surface area contributed by atoms with E-state index < -0.39 is 18.7 Å². The molecule has 3 amide bonds. The number of urea groups is 1. The molecule has 2 N–H and O–H groups in total. The molecule has 2 fully saturated rings. The minimum Gasteiger partial charge on any atom is -0.389 e. The second-order valence-corrected chi connectivity index (χ2v) is 7.39. The standard InChI is InChI=1S/C19H24ClN3O4/c20-14-7-5-13(6-8-14)11-21-19(27)23-10-2-4-16(23)18(26)22-9-1-3-15(22)17(25)12-24/h5-8,15-16,24H,1-4,9-12H2,(H,21,27). The average Bonchev–Trinajstić information content (AvgIpc) is 3.35. The van der Waals surface area contributed by atoms with Gasteiger partial charge in [-0.1, -0.05) is 23.7 Å². The molecule has 27 heavy (non-hydrogen) atoms. The van der Waals surface area contributed by atoms with Gasteiger partial charge in [-0.3, -0.25) is 9.59 Å². The van der Waals surface area contributed by atoms with Gasteiger partial charge < -0.3 is 20.2 Å². The Bertz CT molecular complexity index is 709. The number of aliphatic hydroxyl groups is 1. The molecule has 7 nitrogen and oxygen atoms in total. The Labute approximate surface area is 163 Å². The van der Waals surface area contributed by atoms with Crippen molar-refractivity contribution in [1.82, 2.24) is 15.1 Å². The molecular weight excluding hydrogens is 370 g/mol. The van der Waals surface area contributed by atoms with Crippen molar-refractivity contribution in [2.45, 2.75) is 44.3 Å². The Balaban J connectivity index is 1.62. The number of nitrogens with one attached hydrogen (secondary N) is 1. The van der Waals surface area contributed by atoms with Gasteiger partial charge in [0.1, 0.15) is 12.6 Å². The number of halogens is 1. The normalized spacial score (nSPS) is 22.1. The molecule has 2 atom stereocenters. The number of hydrogen-bond donors (Lipinski definition) is 2. The predicted octanol–water partition coefficient (Wildman–Crippen LogP) is 1.57. The highest BCUT2D eigenvalue weighted by Crippen LogP contribution is 2.25. The van der Waals surface area contributed by atoms with Crippen LogP contribution in [0.1, 0.15) is 31.2 Å². The molecule has 0 aromatic heterocycles. The summed E-state index contributed by atoms with van der Waals surface area (Å²) in [5, 5.41) is 12.6. The summed E-state index contributed by atoms with van der Waals surface area (Å²) in [5.74, 6) is -0.531. The zero-order valence-electron chi connectivity index (χ0n) is 15.1. The number of nitrogens with zero attached hydrogens (tertiary/aromatic N) is 2. The van der Waals surface area contributed by atoms with E-state index in [1.807, 2.05) is 12.1 Å². The van der Waals surface area contributed by atoms with E-state index in [4.69, 9.17) is 16.7 Å². The summed E-state index contributed by atoms with van der Waals surface area (Å²) >= 11 is 5.86. The Kier molecular flexibility index (Phi) is 6.34. The van der Waals surface area contributed by atoms with Crippen molar-refractivity contribution in [3.05, 3.63) is 34.9 Å². The molecule has 2 unspecified atom stereocenters. The lowest BCUT2D eigenvalue weighted by molar-refractivity contribution is -0.141. The number of rotatable bonds is 5. The third kappa shape index (κ3) is 4.42. The van der Waals surface area contributed by atoms with Crippen LogP contribution >= 0.6 is 11.6 Å². The molecule has 3 rings (SSSR count). The number of benzene rings is 1. The SMILES string of the molecule is O=C(CO)C1CCCN1C(=O)C1CCCN1C(=O)NCc1ccc(Cl)cc1. The molecule has 0 saturated carbocycles. The minimum absolute atomic E-state index is 0.196. The van der Waals surface area contributed by atoms with Crippen LogP contribution in [-0.2, 0) is 16.1 Å². The summed E-state index contributed by atoms with van der Waals surface area (Å²) in [5.41, 5.74) is 0.919. The Morgan fingerprint density at radius 2 is 1.67 bits per heavy atom. The topological polar surface area (TPSA) is 90.0 Å². The maximum Gasteiger partial charge on any atom is 0.318 e. The van der Waals surface area contributed by atoms with Crippen LogP contribution in [0.25, 0.3) is 0 Å². The van der Waals surface area contributed by atoms with E-state index in [9.17, 15) is 14.4 Å². The van der Waals surface area contributed by atoms with Gasteiger partial charge in [0.2, 0.25) is 5.91 Å². The van der Waals surface area contributed by atoms with Crippen LogP contribution in [0.3, 0.4) is 0 Å². The summed E-state index contributed by atoms with van der Waals surface area (Å²) in [7, 11) is 0. The lowest BCUT2D eigenvalue weighted by atomic mass is 10.1. The predicted molar refractivity (Wildman–Crippen MR) is 100 cm³/mol. The first-order chi connectivity index (χ1) is 13.0. The average molecular weight is 394 g/mol. The molecule has 2 aliphatic heterocycles. The van der Waals surface area contributed by atoms with E-state index in [1.54, 1.807) is 17.0 Å². The number of aliphatic hydroxyl groups excluding tert-OH is 1. The first kappa shape index (κ1) is 19.6. The van der Waals surface area contributed by atoms with Crippen LogP contribution in [0.15, 0.2) is 24.3 Å². The van der Waals surface area contributed by atoms with Crippen LogP contribution < -0.4 is 5.32 Å². The van der Waals surface area contributed by atoms with Crippen LogP contribution in [-0.4, -0.2) is 64.4 Å². The van der Waals surface area contributed by atoms with E-state index in [0.29, 0.717) is 37.5 Å². The summed E-state index contributed by atoms with van der Waals surface area (Å²) < 4.78 is 0. The molecule has 8 heteroatoms. The molecule has 2 heterocycles. The van der Waals surface area contributed by atoms with Crippen LogP contribution in [0, 0.1) is 0 Å². The van der Waals surface area contributed by atoms with E-state index in [-0.39, 0.29) is 17.7 Å². The zero-order valence-corrected chi connectivity index (χ0v) is 15.8. The van der Waals surface area contributed by atoms with Gasteiger partial charge in [-0.15, -0.1) is 0 Å². The monoisotopic (exact) mass is 393 g/mol. The fourth-order valence-corrected chi connectivity index (χ4v) is 3.94. The summed E-state index contributed by atoms with van der Waals surface area (Å²) in [4.78, 5) is 40.5. The molecule has 2 aliphatic rings. The van der Waals surface area contributed by atoms with Gasteiger partial charge in [0, 0.05) is 24.7 Å². The highest BCUT2D eigenvalue weighted by Gasteiger charge is 2.41. The summed E-state index contributed by atoms with van der Waals surface area (Å²) in [6.07, 6.45) is 2.64. The highest BCUT2D eigenvalue weighted by molar-refractivity contribution is 6.30. The van der Waals surface area contributed by atoms with Crippen molar-refractivity contribution in [2.75, 3.05) is 19.7 Å². The largest absolute Gasteiger partial charge is 0.389 e. The number of carbonyl (C=O) groups excluding carboxylic acids is 3. The molecule has 0 bridgehead atoms. The molecule has 146 valence electrons. The quantitative estimate of drug-likeness (QED) is 0.794. The van der Waals surface area contributed by atoms with Gasteiger partial charge in [0.25, 0.3) is 0 Å². The van der Waals surface area contributed by atoms with Gasteiger partial charge in [0.05, 0.1) is 6.04 Å². The fourth-order valence-electron chi connectivity index (χ4n) is 3.81. The van der Waals surface area contributed by atoms with Gasteiger partial charge in [0.15, 0.2) is 5.78 Å². The number of carbonyl (C=O) groups is 3. The molecule has 1 aromatic carbocycles. The smallest absolute Gasteiger partial charge is 0.318 e. The highest BCUT2D eigenvalue weighted by atomic mass is 35.5. The van der Waals surface area contributed by atoms with Gasteiger partial charge >= 0.3 is 6.03 Å². The number of amides is 3. The summed E-state index contributed by atoms with van der Waals surface area (Å²) in [6, 6.07) is 5.79. The van der Waals surface area contributed by atoms with Gasteiger partial charge in [-0.25, -0.2) is 4.79 Å². The molecule has 2 saturated heterocycles. The van der Waals surface area contributed by atoms with E-state index >= 15 is 0 Å². The first-order valence-corrected chi connectivity index (χ1v) is 9.62. The van der Waals surface area contributed by atoms with Crippen molar-refractivity contribution in [1.29, 1.82) is 0 Å². The first-order valence-electron chi connectivity index (χ1n) is 9.24. The van der Waals surface area contributed by atoms with Crippen molar-refractivity contribution in [3.63, 3.8) is 0 Å². The van der Waals surface area contributed by atoms with Crippen molar-refractivity contribution >= 4 is 29.3 Å². The molecule has 0 aliphatic carbocycles. The van der Waals surface area contributed by atoms with Gasteiger partial charge in [-0.2, -0.15) is 0 Å². The minimum atomic E-state index is -0.568. The number of Topliss-reactive ketones (excluding diaryl/α,β-unsaturated/α-hetero) is 1. The summed E-state index contributed by atoms with van der Waals surface area (Å²) in [6.45, 7) is 0.786. The van der Waals surface area contributed by atoms with Crippen LogP contribution in [0.2, 0.25) is 5.02 Å². The van der Waals surface area contributed by atoms with E-state index in [1.165, 1.54) is 4.90 Å². The van der Waals surface area contributed by atoms with Gasteiger partial charge in [-0.05, 0) is 43.4 Å². The lowest BCUT2D eigenvalue weighted by Gasteiger charge is -2.30. The second kappa shape index (κ2) is 8.71. The maximum absolute atomic E-state index is 13.0. The molecule has 0 spiro atoms.